The van der Waals surface area contributed by atoms with Crippen LogP contribution >= 0.6 is 23.2 Å². The van der Waals surface area contributed by atoms with Crippen molar-refractivity contribution >= 4 is 40.3 Å². The molecule has 40 heavy (non-hydrogen) atoms. The minimum atomic E-state index is -0.246. The molecule has 8 heteroatoms. The minimum absolute atomic E-state index is 0.210. The number of hydrogen-bond donors (Lipinski definition) is 0. The topological polar surface area (TPSA) is 61.4 Å². The lowest BCUT2D eigenvalue weighted by Crippen LogP contribution is -2.21. The molecular weight excluding hydrogens is 543 g/mol. The average Bonchev–Trinajstić information content (AvgIpc) is 3.21. The van der Waals surface area contributed by atoms with Crippen molar-refractivity contribution in [3.63, 3.8) is 0 Å². The van der Waals surface area contributed by atoms with Crippen molar-refractivity contribution in [3.05, 3.63) is 109 Å². The second-order valence-electron chi connectivity index (χ2n) is 10.1. The van der Waals surface area contributed by atoms with Crippen LogP contribution in [0.4, 0.5) is 0 Å². The first-order chi connectivity index (χ1) is 19.1. The number of methoxy groups -OCH3 is 1. The van der Waals surface area contributed by atoms with Gasteiger partial charge in [-0.2, -0.15) is 9.78 Å². The molecule has 2 aromatic heterocycles. The third kappa shape index (κ3) is 4.82. The van der Waals surface area contributed by atoms with E-state index >= 15 is 0 Å². The Morgan fingerprint density at radius 2 is 1.75 bits per heavy atom. The van der Waals surface area contributed by atoms with Crippen molar-refractivity contribution in [1.29, 1.82) is 0 Å². The highest BCUT2D eigenvalue weighted by Gasteiger charge is 2.19. The lowest BCUT2D eigenvalue weighted by Gasteiger charge is -2.17. The van der Waals surface area contributed by atoms with Crippen molar-refractivity contribution in [1.82, 2.24) is 14.2 Å². The van der Waals surface area contributed by atoms with Gasteiger partial charge in [0.1, 0.15) is 5.75 Å². The molecule has 0 saturated heterocycles. The Morgan fingerprint density at radius 3 is 2.48 bits per heavy atom. The molecule has 3 aromatic carbocycles. The Kier molecular flexibility index (Phi) is 7.58. The second-order valence-corrected chi connectivity index (χ2v) is 10.9. The molecule has 0 spiro atoms. The summed E-state index contributed by atoms with van der Waals surface area (Å²) < 4.78 is 9.07. The first kappa shape index (κ1) is 27.7. The van der Waals surface area contributed by atoms with Crippen LogP contribution in [-0.4, -0.2) is 27.6 Å². The number of halogens is 2. The van der Waals surface area contributed by atoms with E-state index in [1.165, 1.54) is 4.68 Å². The van der Waals surface area contributed by atoms with E-state index in [9.17, 15) is 4.79 Å². The van der Waals surface area contributed by atoms with Gasteiger partial charge in [0.2, 0.25) is 0 Å². The average molecular weight is 574 g/mol. The van der Waals surface area contributed by atoms with Crippen LogP contribution in [0.5, 0.6) is 5.75 Å². The number of aromatic nitrogens is 3. The van der Waals surface area contributed by atoms with E-state index in [0.29, 0.717) is 26.8 Å². The Hall–Kier alpha value is -3.87. The molecule has 6 nitrogen and oxygen atoms in total. The maximum atomic E-state index is 13.8. The zero-order valence-corrected chi connectivity index (χ0v) is 24.8. The Labute approximate surface area is 243 Å². The van der Waals surface area contributed by atoms with E-state index in [0.717, 1.165) is 45.1 Å². The molecule has 0 fully saturated rings. The standard InChI is InChI=1S/C32H30Cl2N4O2/c1-18(2)24-16-25(19(3)14-29(24)40-6)31-36-27-12-8-7-10-23(27)32(39)38(31)35-17-22-15-20(4)37(21(22)5)28-13-9-11-26(33)30(28)34/h7-18H,1-6H3. The lowest BCUT2D eigenvalue weighted by atomic mass is 9.96. The van der Waals surface area contributed by atoms with Gasteiger partial charge in [0.15, 0.2) is 5.82 Å². The first-order valence-electron chi connectivity index (χ1n) is 13.0. The van der Waals surface area contributed by atoms with Gasteiger partial charge in [-0.05, 0) is 80.3 Å². The third-order valence-electron chi connectivity index (χ3n) is 7.15. The molecule has 0 amide bonds. The van der Waals surface area contributed by atoms with Crippen LogP contribution in [0.2, 0.25) is 10.0 Å². The van der Waals surface area contributed by atoms with Crippen molar-refractivity contribution in [2.24, 2.45) is 5.10 Å². The molecule has 0 aliphatic heterocycles. The number of para-hydroxylation sites is 1. The molecule has 5 aromatic rings. The molecule has 0 radical (unpaired) electrons. The Bertz CT molecular complexity index is 1850. The minimum Gasteiger partial charge on any atom is -0.496 e. The predicted molar refractivity (Wildman–Crippen MR) is 165 cm³/mol. The van der Waals surface area contributed by atoms with Gasteiger partial charge in [0.05, 0.1) is 40.0 Å². The van der Waals surface area contributed by atoms with E-state index in [-0.39, 0.29) is 11.5 Å². The maximum Gasteiger partial charge on any atom is 0.282 e. The molecular formula is C32H30Cl2N4O2. The number of hydrogen-bond acceptors (Lipinski definition) is 4. The van der Waals surface area contributed by atoms with Gasteiger partial charge < -0.3 is 9.30 Å². The van der Waals surface area contributed by atoms with Crippen LogP contribution in [-0.2, 0) is 0 Å². The van der Waals surface area contributed by atoms with E-state index < -0.39 is 0 Å². The summed E-state index contributed by atoms with van der Waals surface area (Å²) in [4.78, 5) is 18.7. The summed E-state index contributed by atoms with van der Waals surface area (Å²) in [6.07, 6.45) is 1.70. The Balaban J connectivity index is 1.72. The van der Waals surface area contributed by atoms with Crippen LogP contribution < -0.4 is 10.3 Å². The zero-order chi connectivity index (χ0) is 28.7. The fraction of sp³-hybridized carbons (Fsp3) is 0.219. The monoisotopic (exact) mass is 572 g/mol. The highest BCUT2D eigenvalue weighted by Crippen LogP contribution is 2.34. The number of nitrogens with zero attached hydrogens (tertiary/aromatic N) is 4. The van der Waals surface area contributed by atoms with Gasteiger partial charge in [-0.15, -0.1) is 0 Å². The largest absolute Gasteiger partial charge is 0.496 e. The Morgan fingerprint density at radius 1 is 1.00 bits per heavy atom. The molecule has 0 atom stereocenters. The van der Waals surface area contributed by atoms with E-state index in [1.54, 1.807) is 25.5 Å². The zero-order valence-electron chi connectivity index (χ0n) is 23.3. The fourth-order valence-electron chi connectivity index (χ4n) is 5.05. The summed E-state index contributed by atoms with van der Waals surface area (Å²) in [5.74, 6) is 1.48. The normalized spacial score (nSPS) is 11.7. The van der Waals surface area contributed by atoms with Crippen LogP contribution in [0.3, 0.4) is 0 Å². The molecule has 2 heterocycles. The van der Waals surface area contributed by atoms with Crippen molar-refractivity contribution in [2.75, 3.05) is 7.11 Å². The molecule has 0 saturated carbocycles. The number of fused-ring (bicyclic) bond motifs is 1. The summed E-state index contributed by atoms with van der Waals surface area (Å²) >= 11 is 12.8. The number of aryl methyl sites for hydroxylation is 2. The van der Waals surface area contributed by atoms with Gasteiger partial charge >= 0.3 is 0 Å². The van der Waals surface area contributed by atoms with E-state index in [2.05, 4.69) is 19.9 Å². The van der Waals surface area contributed by atoms with E-state index in [1.807, 2.05) is 67.8 Å². The number of benzene rings is 3. The van der Waals surface area contributed by atoms with Crippen molar-refractivity contribution in [2.45, 2.75) is 40.5 Å². The van der Waals surface area contributed by atoms with Gasteiger partial charge in [-0.1, -0.05) is 55.2 Å². The maximum absolute atomic E-state index is 13.8. The van der Waals surface area contributed by atoms with Gasteiger partial charge in [-0.3, -0.25) is 4.79 Å². The molecule has 0 N–H and O–H groups in total. The molecule has 5 rings (SSSR count). The smallest absolute Gasteiger partial charge is 0.282 e. The highest BCUT2D eigenvalue weighted by atomic mass is 35.5. The third-order valence-corrected chi connectivity index (χ3v) is 7.96. The van der Waals surface area contributed by atoms with Gasteiger partial charge in [0, 0.05) is 22.5 Å². The molecule has 0 aliphatic rings. The summed E-state index contributed by atoms with van der Waals surface area (Å²) in [6.45, 7) is 10.2. The van der Waals surface area contributed by atoms with Gasteiger partial charge in [0.25, 0.3) is 5.56 Å². The number of ether oxygens (including phenoxy) is 1. The van der Waals surface area contributed by atoms with Crippen LogP contribution in [0.25, 0.3) is 28.0 Å². The highest BCUT2D eigenvalue weighted by molar-refractivity contribution is 6.43. The summed E-state index contributed by atoms with van der Waals surface area (Å²) in [5.41, 5.74) is 6.65. The summed E-state index contributed by atoms with van der Waals surface area (Å²) in [6, 6.07) is 18.9. The van der Waals surface area contributed by atoms with Crippen LogP contribution in [0.1, 0.15) is 47.8 Å². The summed E-state index contributed by atoms with van der Waals surface area (Å²) in [7, 11) is 1.67. The van der Waals surface area contributed by atoms with Gasteiger partial charge in [-0.25, -0.2) is 4.98 Å². The molecule has 0 bridgehead atoms. The SMILES string of the molecule is COc1cc(C)c(-c2nc3ccccc3c(=O)n2N=Cc2cc(C)n(-c3cccc(Cl)c3Cl)c2C)cc1C(C)C. The van der Waals surface area contributed by atoms with Crippen molar-refractivity contribution < 1.29 is 4.74 Å². The van der Waals surface area contributed by atoms with Crippen molar-refractivity contribution in [3.8, 4) is 22.8 Å². The molecule has 0 aliphatic carbocycles. The predicted octanol–water partition coefficient (Wildman–Crippen LogP) is 8.10. The first-order valence-corrected chi connectivity index (χ1v) is 13.8. The number of rotatable bonds is 6. The lowest BCUT2D eigenvalue weighted by molar-refractivity contribution is 0.407. The van der Waals surface area contributed by atoms with E-state index in [4.69, 9.17) is 38.0 Å². The summed E-state index contributed by atoms with van der Waals surface area (Å²) in [5, 5.41) is 6.17. The van der Waals surface area contributed by atoms with Crippen LogP contribution in [0.15, 0.2) is 70.6 Å². The van der Waals surface area contributed by atoms with Crippen LogP contribution in [0, 0.1) is 20.8 Å². The molecule has 0 unspecified atom stereocenters. The second kappa shape index (κ2) is 11.0. The molecule has 204 valence electrons. The fourth-order valence-corrected chi connectivity index (χ4v) is 5.43. The quantitative estimate of drug-likeness (QED) is 0.193.